The van der Waals surface area contributed by atoms with E-state index in [0.29, 0.717) is 11.4 Å². The van der Waals surface area contributed by atoms with Crippen molar-refractivity contribution in [1.82, 2.24) is 15.5 Å². The molecule has 0 unspecified atom stereocenters. The van der Waals surface area contributed by atoms with E-state index in [2.05, 4.69) is 10.6 Å². The molecule has 144 valence electrons. The fourth-order valence-electron chi connectivity index (χ4n) is 3.99. The molecule has 7 heteroatoms. The second kappa shape index (κ2) is 7.28. The molecule has 1 heterocycles. The average molecular weight is 398 g/mol. The number of amides is 4. The van der Waals surface area contributed by atoms with Crippen LogP contribution < -0.4 is 10.6 Å². The molecule has 1 aliphatic carbocycles. The summed E-state index contributed by atoms with van der Waals surface area (Å²) >= 11 is 6.09. The Labute approximate surface area is 167 Å². The molecule has 1 fully saturated rings. The summed E-state index contributed by atoms with van der Waals surface area (Å²) in [6, 6.07) is 14.3. The quantitative estimate of drug-likeness (QED) is 0.778. The molecule has 4 amide bonds. The van der Waals surface area contributed by atoms with E-state index in [-0.39, 0.29) is 19.0 Å². The number of carbonyl (C=O) groups excluding carboxylic acids is 3. The van der Waals surface area contributed by atoms with Gasteiger partial charge in [0.15, 0.2) is 0 Å². The normalized spacial score (nSPS) is 20.8. The van der Waals surface area contributed by atoms with Crippen LogP contribution in [0.4, 0.5) is 4.79 Å². The largest absolute Gasteiger partial charge is 0.350 e. The highest BCUT2D eigenvalue weighted by Gasteiger charge is 2.54. The van der Waals surface area contributed by atoms with Crippen LogP contribution in [0.3, 0.4) is 0 Å². The molecule has 28 heavy (non-hydrogen) atoms. The third-order valence-electron chi connectivity index (χ3n) is 5.39. The number of hydrogen-bond acceptors (Lipinski definition) is 3. The summed E-state index contributed by atoms with van der Waals surface area (Å²) < 4.78 is 0. The molecule has 0 saturated carbocycles. The topological polar surface area (TPSA) is 78.5 Å². The molecule has 1 saturated heterocycles. The van der Waals surface area contributed by atoms with Gasteiger partial charge in [0, 0.05) is 11.6 Å². The van der Waals surface area contributed by atoms with Crippen molar-refractivity contribution in [2.75, 3.05) is 6.54 Å². The van der Waals surface area contributed by atoms with Crippen LogP contribution in [0.5, 0.6) is 0 Å². The number of aryl methyl sites for hydroxylation is 1. The van der Waals surface area contributed by atoms with Crippen LogP contribution in [-0.2, 0) is 28.1 Å². The first-order valence-corrected chi connectivity index (χ1v) is 9.62. The first kappa shape index (κ1) is 18.5. The minimum absolute atomic E-state index is 0.232. The molecule has 1 spiro atoms. The summed E-state index contributed by atoms with van der Waals surface area (Å²) in [5.41, 5.74) is 1.60. The molecule has 2 aliphatic rings. The van der Waals surface area contributed by atoms with Gasteiger partial charge in [0.25, 0.3) is 5.91 Å². The summed E-state index contributed by atoms with van der Waals surface area (Å²) in [5, 5.41) is 6.12. The van der Waals surface area contributed by atoms with Gasteiger partial charge in [-0.1, -0.05) is 54.1 Å². The summed E-state index contributed by atoms with van der Waals surface area (Å²) in [7, 11) is 0. The van der Waals surface area contributed by atoms with Gasteiger partial charge in [-0.25, -0.2) is 4.79 Å². The van der Waals surface area contributed by atoms with Gasteiger partial charge < -0.3 is 10.6 Å². The maximum atomic E-state index is 13.2. The van der Waals surface area contributed by atoms with Crippen LogP contribution >= 0.6 is 11.6 Å². The Hall–Kier alpha value is -2.86. The van der Waals surface area contributed by atoms with E-state index in [0.717, 1.165) is 34.4 Å². The predicted octanol–water partition coefficient (Wildman–Crippen LogP) is 2.74. The molecule has 2 aromatic carbocycles. The lowest BCUT2D eigenvalue weighted by atomic mass is 9.76. The average Bonchev–Trinajstić information content (AvgIpc) is 2.92. The summed E-state index contributed by atoms with van der Waals surface area (Å²) in [6.45, 7) is -0.0881. The Morgan fingerprint density at radius 2 is 1.89 bits per heavy atom. The molecule has 6 nitrogen and oxygen atoms in total. The molecular formula is C21H20ClN3O3. The standard InChI is InChI=1S/C21H20ClN3O3/c22-17-10-4-2-7-15(17)12-23-18(26)13-25-19(27)21(24-20(25)28)11-5-8-14-6-1-3-9-16(14)21/h1-4,6-7,9-10H,5,8,11-13H2,(H,23,26)(H,24,28)/t21-/m1/s1. The van der Waals surface area contributed by atoms with Crippen molar-refractivity contribution in [3.05, 3.63) is 70.2 Å². The Bertz CT molecular complexity index is 961. The first-order valence-electron chi connectivity index (χ1n) is 9.24. The van der Waals surface area contributed by atoms with Gasteiger partial charge in [-0.3, -0.25) is 14.5 Å². The number of carbonyl (C=O) groups is 3. The van der Waals surface area contributed by atoms with Crippen LogP contribution in [-0.4, -0.2) is 29.3 Å². The molecular weight excluding hydrogens is 378 g/mol. The Morgan fingerprint density at radius 1 is 1.14 bits per heavy atom. The zero-order chi connectivity index (χ0) is 19.7. The highest BCUT2D eigenvalue weighted by atomic mass is 35.5. The highest BCUT2D eigenvalue weighted by Crippen LogP contribution is 2.39. The van der Waals surface area contributed by atoms with Crippen molar-refractivity contribution in [2.45, 2.75) is 31.3 Å². The van der Waals surface area contributed by atoms with Gasteiger partial charge in [0.05, 0.1) is 0 Å². The lowest BCUT2D eigenvalue weighted by Gasteiger charge is -2.33. The van der Waals surface area contributed by atoms with Crippen molar-refractivity contribution in [1.29, 1.82) is 0 Å². The van der Waals surface area contributed by atoms with Crippen LogP contribution in [0.15, 0.2) is 48.5 Å². The number of halogens is 1. The molecule has 0 radical (unpaired) electrons. The van der Waals surface area contributed by atoms with Crippen molar-refractivity contribution in [3.63, 3.8) is 0 Å². The van der Waals surface area contributed by atoms with Crippen LogP contribution in [0.2, 0.25) is 5.02 Å². The molecule has 0 bridgehead atoms. The maximum absolute atomic E-state index is 13.2. The second-order valence-corrected chi connectivity index (χ2v) is 7.51. The Kier molecular flexibility index (Phi) is 4.81. The lowest BCUT2D eigenvalue weighted by Crippen LogP contribution is -2.47. The summed E-state index contributed by atoms with van der Waals surface area (Å²) in [5.74, 6) is -0.776. The van der Waals surface area contributed by atoms with Crippen LogP contribution in [0.1, 0.15) is 29.5 Å². The molecule has 0 aromatic heterocycles. The van der Waals surface area contributed by atoms with E-state index < -0.39 is 17.5 Å². The van der Waals surface area contributed by atoms with Gasteiger partial charge in [-0.15, -0.1) is 0 Å². The Morgan fingerprint density at radius 3 is 2.71 bits per heavy atom. The fourth-order valence-corrected chi connectivity index (χ4v) is 4.19. The van der Waals surface area contributed by atoms with Crippen LogP contribution in [0, 0.1) is 0 Å². The lowest BCUT2D eigenvalue weighted by molar-refractivity contribution is -0.135. The van der Waals surface area contributed by atoms with Crippen molar-refractivity contribution in [2.24, 2.45) is 0 Å². The third kappa shape index (κ3) is 3.14. The van der Waals surface area contributed by atoms with Crippen LogP contribution in [0.25, 0.3) is 0 Å². The SMILES string of the molecule is O=C(CN1C(=O)N[C@@]2(CCCc3ccccc32)C1=O)NCc1ccccc1Cl. The number of urea groups is 1. The third-order valence-corrected chi connectivity index (χ3v) is 5.76. The van der Waals surface area contributed by atoms with E-state index in [1.807, 2.05) is 42.5 Å². The predicted molar refractivity (Wildman–Crippen MR) is 105 cm³/mol. The van der Waals surface area contributed by atoms with E-state index in [1.165, 1.54) is 0 Å². The summed E-state index contributed by atoms with van der Waals surface area (Å²) in [4.78, 5) is 39.1. The molecule has 2 aromatic rings. The number of benzene rings is 2. The van der Waals surface area contributed by atoms with E-state index in [4.69, 9.17) is 11.6 Å². The molecule has 4 rings (SSSR count). The molecule has 1 atom stereocenters. The van der Waals surface area contributed by atoms with Gasteiger partial charge >= 0.3 is 6.03 Å². The number of rotatable bonds is 4. The van der Waals surface area contributed by atoms with E-state index >= 15 is 0 Å². The van der Waals surface area contributed by atoms with E-state index in [9.17, 15) is 14.4 Å². The Balaban J connectivity index is 1.48. The number of fused-ring (bicyclic) bond motifs is 2. The van der Waals surface area contributed by atoms with Gasteiger partial charge in [-0.05, 0) is 42.0 Å². The van der Waals surface area contributed by atoms with Gasteiger partial charge in [0.2, 0.25) is 5.91 Å². The van der Waals surface area contributed by atoms with Crippen molar-refractivity contribution in [3.8, 4) is 0 Å². The fraction of sp³-hybridized carbons (Fsp3) is 0.286. The minimum Gasteiger partial charge on any atom is -0.350 e. The maximum Gasteiger partial charge on any atom is 0.325 e. The van der Waals surface area contributed by atoms with E-state index in [1.54, 1.807) is 6.07 Å². The number of imide groups is 1. The number of nitrogens with zero attached hydrogens (tertiary/aromatic N) is 1. The highest BCUT2D eigenvalue weighted by molar-refractivity contribution is 6.31. The molecule has 1 aliphatic heterocycles. The van der Waals surface area contributed by atoms with Crippen molar-refractivity contribution >= 4 is 29.4 Å². The minimum atomic E-state index is -1.06. The monoisotopic (exact) mass is 397 g/mol. The first-order chi connectivity index (χ1) is 13.5. The van der Waals surface area contributed by atoms with Gasteiger partial charge in [-0.2, -0.15) is 0 Å². The zero-order valence-corrected chi connectivity index (χ0v) is 16.0. The number of hydrogen-bond donors (Lipinski definition) is 2. The molecule has 2 N–H and O–H groups in total. The second-order valence-electron chi connectivity index (χ2n) is 7.11. The smallest absolute Gasteiger partial charge is 0.325 e. The summed E-state index contributed by atoms with van der Waals surface area (Å²) in [6.07, 6.45) is 2.21. The number of nitrogens with one attached hydrogen (secondary N) is 2. The van der Waals surface area contributed by atoms with Gasteiger partial charge in [0.1, 0.15) is 12.1 Å². The van der Waals surface area contributed by atoms with Crippen molar-refractivity contribution < 1.29 is 14.4 Å². The zero-order valence-electron chi connectivity index (χ0n) is 15.2.